The molecule has 3 aromatic rings. The highest BCUT2D eigenvalue weighted by molar-refractivity contribution is 7.10. The molecule has 0 bridgehead atoms. The van der Waals surface area contributed by atoms with Crippen LogP contribution in [0.15, 0.2) is 58.7 Å². The lowest BCUT2D eigenvalue weighted by molar-refractivity contribution is -0.123. The third-order valence-corrected chi connectivity index (χ3v) is 4.34. The van der Waals surface area contributed by atoms with Gasteiger partial charge in [-0.25, -0.2) is 0 Å². The number of ether oxygens (including phenoxy) is 1. The van der Waals surface area contributed by atoms with E-state index >= 15 is 0 Å². The molecule has 0 radical (unpaired) electrons. The van der Waals surface area contributed by atoms with E-state index in [9.17, 15) is 4.79 Å². The largest absolute Gasteiger partial charge is 0.484 e. The molecule has 0 fully saturated rings. The molecular weight excluding hydrogens is 334 g/mol. The van der Waals surface area contributed by atoms with Crippen LogP contribution in [-0.2, 0) is 11.3 Å². The van der Waals surface area contributed by atoms with Crippen LogP contribution >= 0.6 is 22.9 Å². The van der Waals surface area contributed by atoms with Crippen LogP contribution in [0, 0.1) is 0 Å². The number of thiophene rings is 1. The predicted molar refractivity (Wildman–Crippen MR) is 90.8 cm³/mol. The Balaban J connectivity index is 1.46. The monoisotopic (exact) mass is 347 g/mol. The third-order valence-electron chi connectivity index (χ3n) is 3.15. The fraction of sp³-hybridized carbons (Fsp3) is 0.118. The molecule has 0 spiro atoms. The molecular formula is C17H14ClNO3S. The van der Waals surface area contributed by atoms with E-state index in [1.54, 1.807) is 48.1 Å². The second kappa shape index (κ2) is 7.35. The Morgan fingerprint density at radius 1 is 1.22 bits per heavy atom. The summed E-state index contributed by atoms with van der Waals surface area (Å²) in [7, 11) is 0. The highest BCUT2D eigenvalue weighted by atomic mass is 35.5. The van der Waals surface area contributed by atoms with Crippen molar-refractivity contribution in [2.45, 2.75) is 6.54 Å². The number of nitrogens with one attached hydrogen (secondary N) is 1. The van der Waals surface area contributed by atoms with E-state index in [-0.39, 0.29) is 12.5 Å². The normalized spacial score (nSPS) is 10.5. The summed E-state index contributed by atoms with van der Waals surface area (Å²) in [5.74, 6) is 0.445. The van der Waals surface area contributed by atoms with Crippen LogP contribution in [0.25, 0.3) is 11.1 Å². The minimum atomic E-state index is -0.168. The molecule has 0 saturated heterocycles. The fourth-order valence-electron chi connectivity index (χ4n) is 1.97. The number of rotatable bonds is 6. The molecule has 0 aliphatic carbocycles. The average Bonchev–Trinajstić information content (AvgIpc) is 3.23. The summed E-state index contributed by atoms with van der Waals surface area (Å²) in [6.07, 6.45) is 3.34. The summed E-state index contributed by atoms with van der Waals surface area (Å²) in [5, 5.41) is 5.51. The molecule has 23 heavy (non-hydrogen) atoms. The van der Waals surface area contributed by atoms with Crippen molar-refractivity contribution in [2.75, 3.05) is 6.61 Å². The van der Waals surface area contributed by atoms with Gasteiger partial charge < -0.3 is 14.5 Å². The van der Waals surface area contributed by atoms with Crippen molar-refractivity contribution in [1.29, 1.82) is 0 Å². The van der Waals surface area contributed by atoms with Crippen LogP contribution in [0.1, 0.15) is 4.88 Å². The SMILES string of the molecule is O=C(COc1ccc(Cl)cc1)NCc1cc(-c2ccoc2)cs1. The maximum Gasteiger partial charge on any atom is 0.258 e. The topological polar surface area (TPSA) is 51.5 Å². The van der Waals surface area contributed by atoms with Crippen LogP contribution in [-0.4, -0.2) is 12.5 Å². The molecule has 1 amide bonds. The Morgan fingerprint density at radius 2 is 2.04 bits per heavy atom. The summed E-state index contributed by atoms with van der Waals surface area (Å²) < 4.78 is 10.5. The van der Waals surface area contributed by atoms with Crippen LogP contribution < -0.4 is 10.1 Å². The van der Waals surface area contributed by atoms with Gasteiger partial charge in [0, 0.05) is 15.5 Å². The zero-order valence-corrected chi connectivity index (χ0v) is 13.7. The van der Waals surface area contributed by atoms with E-state index in [4.69, 9.17) is 20.8 Å². The smallest absolute Gasteiger partial charge is 0.258 e. The highest BCUT2D eigenvalue weighted by Gasteiger charge is 2.06. The lowest BCUT2D eigenvalue weighted by Gasteiger charge is -2.06. The summed E-state index contributed by atoms with van der Waals surface area (Å²) in [4.78, 5) is 12.9. The Kier molecular flexibility index (Phi) is 5.00. The number of furan rings is 1. The molecule has 1 N–H and O–H groups in total. The van der Waals surface area contributed by atoms with Crippen molar-refractivity contribution in [2.24, 2.45) is 0 Å². The zero-order chi connectivity index (χ0) is 16.1. The lowest BCUT2D eigenvalue weighted by Crippen LogP contribution is -2.28. The summed E-state index contributed by atoms with van der Waals surface area (Å²) in [6, 6.07) is 10.8. The van der Waals surface area contributed by atoms with E-state index in [1.165, 1.54) is 0 Å². The molecule has 2 aromatic heterocycles. The van der Waals surface area contributed by atoms with Crippen molar-refractivity contribution >= 4 is 28.8 Å². The fourth-order valence-corrected chi connectivity index (χ4v) is 2.93. The number of carbonyl (C=O) groups excluding carboxylic acids is 1. The number of hydrogen-bond donors (Lipinski definition) is 1. The Morgan fingerprint density at radius 3 is 2.78 bits per heavy atom. The Hall–Kier alpha value is -2.24. The lowest BCUT2D eigenvalue weighted by atomic mass is 10.2. The van der Waals surface area contributed by atoms with Gasteiger partial charge in [-0.1, -0.05) is 11.6 Å². The van der Waals surface area contributed by atoms with Gasteiger partial charge in [0.15, 0.2) is 6.61 Å². The van der Waals surface area contributed by atoms with Gasteiger partial charge in [-0.15, -0.1) is 11.3 Å². The van der Waals surface area contributed by atoms with Crippen molar-refractivity contribution in [3.63, 3.8) is 0 Å². The summed E-state index contributed by atoms with van der Waals surface area (Å²) in [6.45, 7) is 0.451. The van der Waals surface area contributed by atoms with Gasteiger partial charge in [0.25, 0.3) is 5.91 Å². The van der Waals surface area contributed by atoms with Crippen molar-refractivity contribution in [3.8, 4) is 16.9 Å². The minimum Gasteiger partial charge on any atom is -0.484 e. The quantitative estimate of drug-likeness (QED) is 0.721. The van der Waals surface area contributed by atoms with Gasteiger partial charge in [-0.3, -0.25) is 4.79 Å². The number of amides is 1. The molecule has 118 valence electrons. The van der Waals surface area contributed by atoms with Gasteiger partial charge in [-0.05, 0) is 47.3 Å². The van der Waals surface area contributed by atoms with E-state index in [1.807, 2.05) is 17.5 Å². The predicted octanol–water partition coefficient (Wildman–Crippen LogP) is 4.36. The van der Waals surface area contributed by atoms with Crippen molar-refractivity contribution in [3.05, 3.63) is 64.2 Å². The molecule has 0 aliphatic rings. The first-order chi connectivity index (χ1) is 11.2. The van der Waals surface area contributed by atoms with E-state index in [2.05, 4.69) is 5.32 Å². The minimum absolute atomic E-state index is 0.0262. The van der Waals surface area contributed by atoms with Gasteiger partial charge >= 0.3 is 0 Å². The molecule has 0 aliphatic heterocycles. The van der Waals surface area contributed by atoms with Crippen LogP contribution in [0.5, 0.6) is 5.75 Å². The van der Waals surface area contributed by atoms with E-state index in [0.717, 1.165) is 16.0 Å². The Bertz CT molecular complexity index is 766. The van der Waals surface area contributed by atoms with Gasteiger partial charge in [0.1, 0.15) is 5.75 Å². The number of hydrogen-bond acceptors (Lipinski definition) is 4. The first-order valence-corrected chi connectivity index (χ1v) is 8.21. The summed E-state index contributed by atoms with van der Waals surface area (Å²) in [5.41, 5.74) is 2.12. The van der Waals surface area contributed by atoms with Gasteiger partial charge in [0.05, 0.1) is 19.1 Å². The second-order valence-electron chi connectivity index (χ2n) is 4.83. The molecule has 4 nitrogen and oxygen atoms in total. The first-order valence-electron chi connectivity index (χ1n) is 6.96. The number of carbonyl (C=O) groups is 1. The molecule has 0 saturated carbocycles. The molecule has 0 atom stereocenters. The Labute approximate surface area is 142 Å². The summed E-state index contributed by atoms with van der Waals surface area (Å²) >= 11 is 7.39. The third kappa shape index (κ3) is 4.37. The van der Waals surface area contributed by atoms with Gasteiger partial charge in [0.2, 0.25) is 0 Å². The number of benzene rings is 1. The molecule has 0 unspecified atom stereocenters. The standard InChI is InChI=1S/C17H14ClNO3S/c18-14-1-3-15(4-2-14)22-10-17(20)19-8-16-7-13(11-23-16)12-5-6-21-9-12/h1-7,9,11H,8,10H2,(H,19,20). The van der Waals surface area contributed by atoms with Crippen LogP contribution in [0.2, 0.25) is 5.02 Å². The molecule has 6 heteroatoms. The second-order valence-corrected chi connectivity index (χ2v) is 6.27. The van der Waals surface area contributed by atoms with Crippen molar-refractivity contribution in [1.82, 2.24) is 5.32 Å². The zero-order valence-electron chi connectivity index (χ0n) is 12.1. The maximum atomic E-state index is 11.8. The van der Waals surface area contributed by atoms with Crippen molar-refractivity contribution < 1.29 is 13.9 Å². The van der Waals surface area contributed by atoms with E-state index in [0.29, 0.717) is 17.3 Å². The number of halogens is 1. The van der Waals surface area contributed by atoms with Gasteiger partial charge in [-0.2, -0.15) is 0 Å². The molecule has 1 aromatic carbocycles. The van der Waals surface area contributed by atoms with Crippen LogP contribution in [0.4, 0.5) is 0 Å². The van der Waals surface area contributed by atoms with E-state index < -0.39 is 0 Å². The molecule has 3 rings (SSSR count). The highest BCUT2D eigenvalue weighted by Crippen LogP contribution is 2.25. The first kappa shape index (κ1) is 15.6. The van der Waals surface area contributed by atoms with Crippen LogP contribution in [0.3, 0.4) is 0 Å². The maximum absolute atomic E-state index is 11.8. The molecule has 2 heterocycles. The average molecular weight is 348 g/mol.